The highest BCUT2D eigenvalue weighted by Crippen LogP contribution is 2.50. The van der Waals surface area contributed by atoms with Gasteiger partial charge in [0.2, 0.25) is 5.28 Å². The number of Topliss-reactive ketones (excluding diaryl/α,β-unsaturated/α-hetero) is 2. The number of aromatic amines is 1. The van der Waals surface area contributed by atoms with Crippen LogP contribution in [0.25, 0.3) is 45.2 Å². The molecule has 9 aromatic rings. The number of ketones is 2. The van der Waals surface area contributed by atoms with Gasteiger partial charge < -0.3 is 63.6 Å². The third kappa shape index (κ3) is 16.5. The van der Waals surface area contributed by atoms with Crippen LogP contribution in [0.2, 0.25) is 20.7 Å². The molecule has 34 heteroatoms. The van der Waals surface area contributed by atoms with Crippen molar-refractivity contribution in [1.82, 2.24) is 75.1 Å². The molecule has 3 saturated heterocycles. The van der Waals surface area contributed by atoms with Gasteiger partial charge in [0.05, 0.1) is 61.2 Å². The molecule has 0 saturated carbocycles. The Morgan fingerprint density at radius 2 is 1.00 bits per heavy atom. The van der Waals surface area contributed by atoms with Gasteiger partial charge in [-0.05, 0) is 214 Å². The number of nitrogens with one attached hydrogen (secondary N) is 4. The average Bonchev–Trinajstić information content (AvgIpc) is 1.43. The maximum absolute atomic E-state index is 13.2. The van der Waals surface area contributed by atoms with Crippen molar-refractivity contribution in [3.8, 4) is 51.0 Å². The van der Waals surface area contributed by atoms with Gasteiger partial charge in [0.15, 0.2) is 17.4 Å². The molecule has 2 unspecified atom stereocenters. The molecule has 5 aliphatic carbocycles. The molecule has 6 amide bonds. The highest BCUT2D eigenvalue weighted by molar-refractivity contribution is 9.10. The molecule has 4 N–H and O–H groups in total. The summed E-state index contributed by atoms with van der Waals surface area (Å²) in [7, 11) is 3.64. The maximum Gasteiger partial charge on any atom is 0.410 e. The summed E-state index contributed by atoms with van der Waals surface area (Å²) >= 11 is 30.7. The molecular formula is C87H89Br2Cl4N15O13. The fraction of sp³-hybridized carbons (Fsp3) is 0.437. The molecule has 28 nitrogen and oxygen atoms in total. The minimum atomic E-state index is -0.549. The lowest BCUT2D eigenvalue weighted by Gasteiger charge is -2.51. The van der Waals surface area contributed by atoms with Crippen molar-refractivity contribution in [2.75, 3.05) is 59.5 Å². The molecule has 11 aliphatic rings. The summed E-state index contributed by atoms with van der Waals surface area (Å²) in [4.78, 5) is 137. The number of hydrogen-bond donors (Lipinski definition) is 4. The molecule has 0 bridgehead atoms. The number of aromatic nitrogens is 9. The van der Waals surface area contributed by atoms with Gasteiger partial charge in [-0.1, -0.05) is 66.7 Å². The van der Waals surface area contributed by atoms with Crippen LogP contribution in [0.4, 0.5) is 14.4 Å². The van der Waals surface area contributed by atoms with Gasteiger partial charge in [0.1, 0.15) is 60.9 Å². The third-order valence-electron chi connectivity index (χ3n) is 23.4. The predicted molar refractivity (Wildman–Crippen MR) is 459 cm³/mol. The number of carbonyl (C=O) groups excluding carboxylic acids is 8. The summed E-state index contributed by atoms with van der Waals surface area (Å²) in [6.07, 6.45) is 16.5. The van der Waals surface area contributed by atoms with E-state index in [4.69, 9.17) is 69.8 Å². The van der Waals surface area contributed by atoms with E-state index in [-0.39, 0.29) is 67.9 Å². The third-order valence-corrected chi connectivity index (χ3v) is 25.9. The van der Waals surface area contributed by atoms with Crippen molar-refractivity contribution >= 4 is 126 Å². The molecule has 632 valence electrons. The van der Waals surface area contributed by atoms with Crippen LogP contribution in [0.3, 0.4) is 0 Å². The van der Waals surface area contributed by atoms with E-state index in [0.717, 1.165) is 164 Å². The number of fused-ring (bicyclic) bond motifs is 19. The molecule has 8 aromatic heterocycles. The van der Waals surface area contributed by atoms with E-state index in [1.54, 1.807) is 46.5 Å². The minimum Gasteiger partial charge on any atom is -0.497 e. The quantitative estimate of drug-likeness (QED) is 0.0540. The number of amides is 6. The van der Waals surface area contributed by atoms with E-state index in [1.807, 2.05) is 118 Å². The number of halogens is 6. The number of pyridine rings is 3. The van der Waals surface area contributed by atoms with Crippen LogP contribution < -0.4 is 20.7 Å². The first-order valence-corrected chi connectivity index (χ1v) is 43.4. The smallest absolute Gasteiger partial charge is 0.410 e. The second-order valence-corrected chi connectivity index (χ2v) is 39.1. The Kier molecular flexibility index (Phi) is 22.5. The van der Waals surface area contributed by atoms with Crippen LogP contribution in [0.5, 0.6) is 5.75 Å². The lowest BCUT2D eigenvalue weighted by Crippen LogP contribution is -2.74. The van der Waals surface area contributed by atoms with E-state index in [0.29, 0.717) is 115 Å². The lowest BCUT2D eigenvalue weighted by molar-refractivity contribution is -0.0172. The molecule has 14 heterocycles. The van der Waals surface area contributed by atoms with E-state index < -0.39 is 27.8 Å². The standard InChI is InChI=1S/C22H25ClN4O3.C21H23ClN4O3.C21H22ClN3O4.C15H13BrN2O2.C8H6BrClN2O/c1-21(2,3)30-20(29)27-10-22(11-27)8-15-17(19(28)25-22)13-6-5-12-9-24-16(23)7-14(12)18(13)26(15)4;1-20(2,3)29-19(28)26-9-21(10-26)8-24-18(27)15-12-5-4-11-7-23-14(22)6-13(11)16(12)25-17(15)21;1-20(2,3)29-19(27)25-9-21(10-25)8-24-18(26)15-12-5-4-11-7-23-14(22)6-13(11)16(12)28-17(15)21;1-20-11-5-2-9(3-6-11)15-17-8-10-4-7-12(16)14(19)13(10)18-15;9-5-2-1-4-3-11-8(10)12-6(4)7(5)13/h7,9H,5-6,8,10-11H2,1-4H3,(H,25,28);6-7,25H,4-5,8-10H2,1-3H3,(H,24,27);6-7H,4-5,8-10H2,1-3H3,(H,24,26);2-3,5-6,8,12H,4,7H2,1H3;3,5H,1-2H2. The Labute approximate surface area is 734 Å². The van der Waals surface area contributed by atoms with Gasteiger partial charge in [-0.15, -0.1) is 0 Å². The number of methoxy groups -OCH3 is 1. The van der Waals surface area contributed by atoms with Gasteiger partial charge in [-0.3, -0.25) is 24.0 Å². The zero-order valence-corrected chi connectivity index (χ0v) is 74.7. The summed E-state index contributed by atoms with van der Waals surface area (Å²) in [5, 5.41) is 10.6. The highest BCUT2D eigenvalue weighted by atomic mass is 79.9. The lowest BCUT2D eigenvalue weighted by atomic mass is 9.72. The first kappa shape index (κ1) is 84.7. The molecule has 6 aliphatic heterocycles. The Balaban J connectivity index is 0.000000115. The van der Waals surface area contributed by atoms with Crippen LogP contribution in [0, 0.1) is 0 Å². The van der Waals surface area contributed by atoms with Crippen LogP contribution in [0.15, 0.2) is 77.9 Å². The maximum atomic E-state index is 13.2. The van der Waals surface area contributed by atoms with E-state index in [1.165, 1.54) is 0 Å². The summed E-state index contributed by atoms with van der Waals surface area (Å²) in [6, 6.07) is 13.0. The zero-order chi connectivity index (χ0) is 86.1. The summed E-state index contributed by atoms with van der Waals surface area (Å²) in [6.45, 7) is 20.4. The molecule has 121 heavy (non-hydrogen) atoms. The SMILES string of the molecule is CC(C)(C)OC(=O)N1CC2(CNC(=O)c3c2[nH]c2c3CCc3cnc(Cl)cc3-2)C1.CC(C)(C)OC(=O)N1CC2(CNC(=O)c3c2oc2c3CCc3cnc(Cl)cc3-2)C1.COc1ccc(-c2ncc3c(n2)C(=O)C(Br)CC3)cc1.Cn1c2c(c3c1-c1cc(Cl)ncc1CC3)C(=O)NC1(C2)CN(C(=O)OC(C)(C)C)C1.O=C1c2nc(Cl)ncc2CCC1Br. The highest BCUT2D eigenvalue weighted by Gasteiger charge is 2.57. The van der Waals surface area contributed by atoms with Crippen molar-refractivity contribution in [1.29, 1.82) is 0 Å². The predicted octanol–water partition coefficient (Wildman–Crippen LogP) is 14.6. The van der Waals surface area contributed by atoms with Crippen LogP contribution in [-0.4, -0.2) is 198 Å². The number of nitrogens with zero attached hydrogens (tertiary/aromatic N) is 11. The van der Waals surface area contributed by atoms with Gasteiger partial charge in [-0.25, -0.2) is 49.3 Å². The summed E-state index contributed by atoms with van der Waals surface area (Å²) < 4.78 is 30.0. The fourth-order valence-corrected chi connectivity index (χ4v) is 19.2. The number of furan rings is 1. The zero-order valence-electron chi connectivity index (χ0n) is 68.5. The van der Waals surface area contributed by atoms with Crippen LogP contribution in [0.1, 0.15) is 189 Å². The van der Waals surface area contributed by atoms with Gasteiger partial charge >= 0.3 is 18.3 Å². The van der Waals surface area contributed by atoms with Crippen molar-refractivity contribution in [2.45, 2.75) is 176 Å². The number of hydrogen-bond acceptors (Lipinski definition) is 20. The van der Waals surface area contributed by atoms with E-state index in [9.17, 15) is 38.4 Å². The van der Waals surface area contributed by atoms with Crippen LogP contribution >= 0.6 is 78.3 Å². The molecule has 0 radical (unpaired) electrons. The number of H-pyrrole nitrogens is 1. The number of aryl methyl sites for hydroxylation is 5. The van der Waals surface area contributed by atoms with Gasteiger partial charge in [0.25, 0.3) is 17.7 Å². The monoisotopic (exact) mass is 1850 g/mol. The van der Waals surface area contributed by atoms with Gasteiger partial charge in [-0.2, -0.15) is 0 Å². The van der Waals surface area contributed by atoms with Crippen molar-refractivity contribution < 1.29 is 61.7 Å². The molecule has 2 atom stereocenters. The summed E-state index contributed by atoms with van der Waals surface area (Å²) in [5.74, 6) is 2.55. The topological polar surface area (TPSA) is 343 Å². The Morgan fingerprint density at radius 1 is 0.529 bits per heavy atom. The second-order valence-electron chi connectivity index (χ2n) is 35.4. The van der Waals surface area contributed by atoms with Crippen LogP contribution in [-0.2, 0) is 89.9 Å². The van der Waals surface area contributed by atoms with Crippen molar-refractivity contribution in [3.05, 3.63) is 184 Å². The van der Waals surface area contributed by atoms with Crippen molar-refractivity contribution in [2.24, 2.45) is 7.05 Å². The van der Waals surface area contributed by atoms with E-state index in [2.05, 4.69) is 92.2 Å². The Morgan fingerprint density at radius 3 is 1.56 bits per heavy atom. The molecule has 3 fully saturated rings. The first-order chi connectivity index (χ1) is 57.3. The average molecular weight is 1850 g/mol. The minimum absolute atomic E-state index is 0.00514. The normalized spacial score (nSPS) is 19.0. The fourth-order valence-electron chi connectivity index (χ4n) is 17.7. The Hall–Kier alpha value is -9.85. The number of alkyl halides is 2. The second kappa shape index (κ2) is 32.1. The number of likely N-dealkylation sites (tertiary alicyclic amines) is 3. The largest absolute Gasteiger partial charge is 0.497 e. The van der Waals surface area contributed by atoms with Gasteiger partial charge in [0, 0.05) is 142 Å². The summed E-state index contributed by atoms with van der Waals surface area (Å²) in [5.41, 5.74) is 16.3. The van der Waals surface area contributed by atoms with E-state index >= 15 is 0 Å². The number of carbonyl (C=O) groups is 8. The molecule has 20 rings (SSSR count). The molecular weight excluding hydrogens is 1760 g/mol. The molecule has 1 aromatic carbocycles. The number of benzene rings is 1. The molecule has 3 spiro atoms. The van der Waals surface area contributed by atoms with Crippen molar-refractivity contribution in [3.63, 3.8) is 0 Å². The first-order valence-electron chi connectivity index (χ1n) is 40.0. The Bertz CT molecular complexity index is 5620. The number of ether oxygens (including phenoxy) is 4. The number of rotatable bonds is 2.